The molecule has 0 spiro atoms. The Bertz CT molecular complexity index is 712. The lowest BCUT2D eigenvalue weighted by Gasteiger charge is -2.00. The normalized spacial score (nSPS) is 10.7. The Labute approximate surface area is 114 Å². The molecule has 13 nitrogen and oxygen atoms in total. The Hall–Kier alpha value is -3.64. The van der Waals surface area contributed by atoms with Gasteiger partial charge in [0, 0.05) is 6.07 Å². The van der Waals surface area contributed by atoms with Gasteiger partial charge in [-0.25, -0.2) is 5.43 Å². The highest BCUT2D eigenvalue weighted by atomic mass is 16.6. The number of phenols is 1. The van der Waals surface area contributed by atoms with E-state index in [0.717, 1.165) is 12.3 Å². The van der Waals surface area contributed by atoms with Crippen LogP contribution >= 0.6 is 0 Å². The minimum atomic E-state index is -0.938. The van der Waals surface area contributed by atoms with Crippen LogP contribution in [-0.4, -0.2) is 41.8 Å². The molecule has 3 N–H and O–H groups in total. The van der Waals surface area contributed by atoms with Gasteiger partial charge < -0.3 is 5.11 Å². The lowest BCUT2D eigenvalue weighted by Crippen LogP contribution is -1.98. The summed E-state index contributed by atoms with van der Waals surface area (Å²) in [7, 11) is 0. The maximum Gasteiger partial charge on any atom is 0.318 e. The molecule has 0 amide bonds. The van der Waals surface area contributed by atoms with Crippen molar-refractivity contribution in [2.24, 2.45) is 5.10 Å². The van der Waals surface area contributed by atoms with Crippen molar-refractivity contribution in [3.8, 4) is 5.75 Å². The van der Waals surface area contributed by atoms with Gasteiger partial charge in [-0.05, 0) is 5.21 Å². The van der Waals surface area contributed by atoms with Crippen molar-refractivity contribution in [3.63, 3.8) is 0 Å². The molecular formula is C8H6N8O5. The summed E-state index contributed by atoms with van der Waals surface area (Å²) in [5.74, 6) is -0.741. The molecular weight excluding hydrogens is 288 g/mol. The predicted octanol–water partition coefficient (Wildman–Crippen LogP) is 0.168. The molecule has 0 radical (unpaired) electrons. The molecule has 13 heteroatoms. The number of anilines is 1. The van der Waals surface area contributed by atoms with Gasteiger partial charge in [0.05, 0.1) is 27.7 Å². The van der Waals surface area contributed by atoms with E-state index in [1.807, 2.05) is 0 Å². The number of aromatic nitrogens is 4. The van der Waals surface area contributed by atoms with Crippen LogP contribution in [0, 0.1) is 20.2 Å². The van der Waals surface area contributed by atoms with Crippen molar-refractivity contribution < 1.29 is 15.0 Å². The van der Waals surface area contributed by atoms with Gasteiger partial charge in [-0.3, -0.25) is 20.2 Å². The maximum absolute atomic E-state index is 10.7. The first kappa shape index (κ1) is 13.8. The van der Waals surface area contributed by atoms with Gasteiger partial charge >= 0.3 is 5.69 Å². The molecule has 0 saturated heterocycles. The number of nitrogens with zero attached hydrogens (tertiary/aromatic N) is 6. The van der Waals surface area contributed by atoms with E-state index in [1.54, 1.807) is 0 Å². The molecule has 108 valence electrons. The van der Waals surface area contributed by atoms with Crippen LogP contribution in [0.1, 0.15) is 5.56 Å². The number of aromatic amines is 1. The lowest BCUT2D eigenvalue weighted by atomic mass is 10.1. The van der Waals surface area contributed by atoms with Crippen LogP contribution in [0.2, 0.25) is 0 Å². The summed E-state index contributed by atoms with van der Waals surface area (Å²) in [6.07, 6.45) is 0.950. The van der Waals surface area contributed by atoms with Gasteiger partial charge in [0.25, 0.3) is 11.6 Å². The number of nitro benzene ring substituents is 2. The molecule has 0 aliphatic rings. The zero-order chi connectivity index (χ0) is 15.4. The molecule has 0 aliphatic carbocycles. The van der Waals surface area contributed by atoms with Crippen LogP contribution in [-0.2, 0) is 0 Å². The summed E-state index contributed by atoms with van der Waals surface area (Å²) in [5.41, 5.74) is 0.729. The zero-order valence-corrected chi connectivity index (χ0v) is 10.00. The molecule has 0 unspecified atom stereocenters. The van der Waals surface area contributed by atoms with E-state index in [4.69, 9.17) is 0 Å². The highest BCUT2D eigenvalue weighted by Crippen LogP contribution is 2.33. The standard InChI is InChI=1S/C8H6N8O5/c17-7-4(3-9-10-8-11-13-14-12-8)1-5(15(18)19)2-6(7)16(20)21/h1-3,17H,(H2,10,11,12,13,14)/b9-3-. The molecule has 2 rings (SSSR count). The average molecular weight is 294 g/mol. The zero-order valence-electron chi connectivity index (χ0n) is 10.00. The van der Waals surface area contributed by atoms with Gasteiger partial charge in [0.2, 0.25) is 5.75 Å². The van der Waals surface area contributed by atoms with Crippen molar-refractivity contribution in [2.45, 2.75) is 0 Å². The van der Waals surface area contributed by atoms with Crippen molar-refractivity contribution in [3.05, 3.63) is 37.9 Å². The number of non-ortho nitro benzene ring substituents is 1. The third-order valence-electron chi connectivity index (χ3n) is 2.23. The Morgan fingerprint density at radius 3 is 2.67 bits per heavy atom. The summed E-state index contributed by atoms with van der Waals surface area (Å²) < 4.78 is 0. The highest BCUT2D eigenvalue weighted by Gasteiger charge is 2.23. The summed E-state index contributed by atoms with van der Waals surface area (Å²) in [4.78, 5) is 19.7. The summed E-state index contributed by atoms with van der Waals surface area (Å²) in [5, 5.41) is 47.1. The number of tetrazole rings is 1. The van der Waals surface area contributed by atoms with E-state index >= 15 is 0 Å². The molecule has 21 heavy (non-hydrogen) atoms. The Kier molecular flexibility index (Phi) is 3.65. The van der Waals surface area contributed by atoms with Gasteiger partial charge in [-0.1, -0.05) is 5.10 Å². The summed E-state index contributed by atoms with van der Waals surface area (Å²) in [6.45, 7) is 0. The minimum Gasteiger partial charge on any atom is -0.502 e. The second kappa shape index (κ2) is 5.55. The van der Waals surface area contributed by atoms with Crippen molar-refractivity contribution in [2.75, 3.05) is 5.43 Å². The molecule has 1 aromatic heterocycles. The summed E-state index contributed by atoms with van der Waals surface area (Å²) >= 11 is 0. The van der Waals surface area contributed by atoms with Gasteiger partial charge in [-0.2, -0.15) is 10.3 Å². The number of benzene rings is 1. The molecule has 0 saturated carbocycles. The third kappa shape index (κ3) is 3.03. The van der Waals surface area contributed by atoms with Gasteiger partial charge in [0.1, 0.15) is 0 Å². The number of aromatic hydroxyl groups is 1. The predicted molar refractivity (Wildman–Crippen MR) is 66.8 cm³/mol. The molecule has 0 bridgehead atoms. The number of hydrogen-bond donors (Lipinski definition) is 3. The Balaban J connectivity index is 2.35. The maximum atomic E-state index is 10.7. The second-order valence-electron chi connectivity index (χ2n) is 3.52. The van der Waals surface area contributed by atoms with E-state index < -0.39 is 27.0 Å². The number of H-pyrrole nitrogens is 1. The fourth-order valence-electron chi connectivity index (χ4n) is 1.34. The first-order chi connectivity index (χ1) is 9.99. The Morgan fingerprint density at radius 1 is 1.33 bits per heavy atom. The molecule has 2 aromatic rings. The van der Waals surface area contributed by atoms with E-state index in [2.05, 4.69) is 31.2 Å². The van der Waals surface area contributed by atoms with Crippen LogP contribution in [0.25, 0.3) is 0 Å². The molecule has 0 aliphatic heterocycles. The summed E-state index contributed by atoms with van der Waals surface area (Å²) in [6, 6.07) is 1.59. The lowest BCUT2D eigenvalue weighted by molar-refractivity contribution is -0.394. The van der Waals surface area contributed by atoms with Gasteiger partial charge in [-0.15, -0.1) is 5.10 Å². The number of nitro groups is 2. The average Bonchev–Trinajstić information content (AvgIpc) is 2.93. The largest absolute Gasteiger partial charge is 0.502 e. The first-order valence-corrected chi connectivity index (χ1v) is 5.17. The first-order valence-electron chi connectivity index (χ1n) is 5.17. The quantitative estimate of drug-likeness (QED) is 0.392. The van der Waals surface area contributed by atoms with Crippen LogP contribution in [0.15, 0.2) is 17.2 Å². The topological polar surface area (TPSA) is 185 Å². The smallest absolute Gasteiger partial charge is 0.318 e. The molecule has 0 atom stereocenters. The van der Waals surface area contributed by atoms with E-state index in [1.165, 1.54) is 0 Å². The second-order valence-corrected chi connectivity index (χ2v) is 3.52. The monoisotopic (exact) mass is 294 g/mol. The fourth-order valence-corrected chi connectivity index (χ4v) is 1.34. The number of hydrogen-bond acceptors (Lipinski definition) is 10. The minimum absolute atomic E-state index is 0.00525. The van der Waals surface area contributed by atoms with E-state index in [0.29, 0.717) is 6.07 Å². The van der Waals surface area contributed by atoms with Crippen molar-refractivity contribution in [1.82, 2.24) is 20.6 Å². The van der Waals surface area contributed by atoms with Crippen LogP contribution < -0.4 is 5.43 Å². The molecule has 1 aromatic carbocycles. The van der Waals surface area contributed by atoms with E-state index in [-0.39, 0.29) is 11.5 Å². The van der Waals surface area contributed by atoms with Crippen LogP contribution in [0.4, 0.5) is 17.3 Å². The van der Waals surface area contributed by atoms with Gasteiger partial charge in [0.15, 0.2) is 0 Å². The number of rotatable bonds is 5. The molecule has 1 heterocycles. The number of hydrazone groups is 1. The van der Waals surface area contributed by atoms with Crippen molar-refractivity contribution >= 4 is 23.5 Å². The van der Waals surface area contributed by atoms with E-state index in [9.17, 15) is 25.3 Å². The number of phenolic OH excluding ortho intramolecular Hbond substituents is 1. The van der Waals surface area contributed by atoms with Crippen LogP contribution in [0.5, 0.6) is 5.75 Å². The third-order valence-corrected chi connectivity index (χ3v) is 2.23. The number of nitrogens with one attached hydrogen (secondary N) is 2. The molecule has 0 fully saturated rings. The van der Waals surface area contributed by atoms with Crippen LogP contribution in [0.3, 0.4) is 0 Å². The SMILES string of the molecule is O=[N+]([O-])c1cc(/C=N\Nc2nn[nH]n2)c(O)c([N+](=O)[O-])c1. The fraction of sp³-hybridized carbons (Fsp3) is 0. The Morgan fingerprint density at radius 2 is 2.10 bits per heavy atom. The highest BCUT2D eigenvalue weighted by molar-refractivity contribution is 5.87. The van der Waals surface area contributed by atoms with Crippen molar-refractivity contribution in [1.29, 1.82) is 0 Å².